The van der Waals surface area contributed by atoms with Crippen molar-refractivity contribution >= 4 is 48.0 Å². The highest BCUT2D eigenvalue weighted by Gasteiger charge is 2.12. The molecular weight excluding hydrogens is 387 g/mol. The summed E-state index contributed by atoms with van der Waals surface area (Å²) in [6.45, 7) is 2.95. The van der Waals surface area contributed by atoms with Crippen molar-refractivity contribution in [2.45, 2.75) is 44.9 Å². The summed E-state index contributed by atoms with van der Waals surface area (Å²) in [5, 5.41) is 5.75. The molecule has 0 atom stereocenters. The second-order valence-electron chi connectivity index (χ2n) is 6.61. The molecule has 1 saturated heterocycles. The minimum Gasteiger partial charge on any atom is -0.330 e. The van der Waals surface area contributed by atoms with Crippen LogP contribution in [0.15, 0.2) is 24.3 Å². The zero-order chi connectivity index (χ0) is 17.9. The van der Waals surface area contributed by atoms with Crippen LogP contribution in [0.5, 0.6) is 0 Å². The maximum Gasteiger partial charge on any atom is 0.238 e. The van der Waals surface area contributed by atoms with Crippen LogP contribution in [0.1, 0.15) is 44.9 Å². The second kappa shape index (κ2) is 14.7. The normalized spacial score (nSPS) is 14.7. The van der Waals surface area contributed by atoms with Crippen molar-refractivity contribution in [3.63, 3.8) is 0 Å². The molecule has 2 amide bonds. The highest BCUT2D eigenvalue weighted by Crippen LogP contribution is 2.15. The SMILES string of the molecule is Cl.Cl.NCCCC(=O)Nc1ccc(NC(=O)CN2CCCCCCC2)cc1. The number of benzene rings is 1. The predicted molar refractivity (Wildman–Crippen MR) is 116 cm³/mol. The average Bonchev–Trinajstić information content (AvgIpc) is 2.57. The summed E-state index contributed by atoms with van der Waals surface area (Å²) >= 11 is 0. The molecule has 0 radical (unpaired) electrons. The summed E-state index contributed by atoms with van der Waals surface area (Å²) < 4.78 is 0. The third-order valence-corrected chi connectivity index (χ3v) is 4.38. The number of amides is 2. The molecule has 27 heavy (non-hydrogen) atoms. The van der Waals surface area contributed by atoms with Gasteiger partial charge in [0, 0.05) is 17.8 Å². The number of nitrogens with zero attached hydrogens (tertiary/aromatic N) is 1. The van der Waals surface area contributed by atoms with E-state index in [1.54, 1.807) is 12.1 Å². The van der Waals surface area contributed by atoms with E-state index in [2.05, 4.69) is 15.5 Å². The first-order chi connectivity index (χ1) is 12.2. The van der Waals surface area contributed by atoms with Gasteiger partial charge in [-0.2, -0.15) is 0 Å². The monoisotopic (exact) mass is 418 g/mol. The summed E-state index contributed by atoms with van der Waals surface area (Å²) in [5.41, 5.74) is 6.87. The molecule has 0 aromatic heterocycles. The van der Waals surface area contributed by atoms with Crippen LogP contribution >= 0.6 is 24.8 Å². The molecule has 0 saturated carbocycles. The third-order valence-electron chi connectivity index (χ3n) is 4.38. The van der Waals surface area contributed by atoms with Crippen LogP contribution in [0.3, 0.4) is 0 Å². The van der Waals surface area contributed by atoms with Crippen LogP contribution in [0.25, 0.3) is 0 Å². The Morgan fingerprint density at radius 2 is 1.33 bits per heavy atom. The lowest BCUT2D eigenvalue weighted by atomic mass is 10.1. The predicted octanol–water partition coefficient (Wildman–Crippen LogP) is 3.41. The molecular formula is C19H32Cl2N4O2. The quantitative estimate of drug-likeness (QED) is 0.632. The van der Waals surface area contributed by atoms with Crippen molar-refractivity contribution in [1.82, 2.24) is 4.90 Å². The highest BCUT2D eigenvalue weighted by molar-refractivity contribution is 5.93. The Morgan fingerprint density at radius 1 is 0.852 bits per heavy atom. The van der Waals surface area contributed by atoms with E-state index in [0.29, 0.717) is 25.9 Å². The van der Waals surface area contributed by atoms with Gasteiger partial charge in [0.2, 0.25) is 11.8 Å². The van der Waals surface area contributed by atoms with Crippen molar-refractivity contribution in [3.8, 4) is 0 Å². The fourth-order valence-electron chi connectivity index (χ4n) is 3.00. The molecule has 0 unspecified atom stereocenters. The Bertz CT molecular complexity index is 547. The number of anilines is 2. The number of halogens is 2. The lowest BCUT2D eigenvalue weighted by molar-refractivity contribution is -0.117. The molecule has 6 nitrogen and oxygen atoms in total. The molecule has 0 aliphatic carbocycles. The first kappa shape index (κ1) is 25.7. The van der Waals surface area contributed by atoms with Crippen LogP contribution in [-0.4, -0.2) is 42.9 Å². The van der Waals surface area contributed by atoms with Crippen LogP contribution < -0.4 is 16.4 Å². The van der Waals surface area contributed by atoms with Crippen molar-refractivity contribution in [2.24, 2.45) is 5.73 Å². The highest BCUT2D eigenvalue weighted by atomic mass is 35.5. The lowest BCUT2D eigenvalue weighted by Crippen LogP contribution is -2.35. The Hall–Kier alpha value is -1.34. The van der Waals surface area contributed by atoms with E-state index in [1.807, 2.05) is 12.1 Å². The fraction of sp³-hybridized carbons (Fsp3) is 0.579. The van der Waals surface area contributed by atoms with E-state index in [0.717, 1.165) is 24.5 Å². The van der Waals surface area contributed by atoms with E-state index in [-0.39, 0.29) is 36.6 Å². The van der Waals surface area contributed by atoms with Crippen molar-refractivity contribution in [2.75, 3.05) is 36.8 Å². The fourth-order valence-corrected chi connectivity index (χ4v) is 3.00. The molecule has 8 heteroatoms. The minimum absolute atomic E-state index is 0. The summed E-state index contributed by atoms with van der Waals surface area (Å²) in [6, 6.07) is 7.21. The zero-order valence-corrected chi connectivity index (χ0v) is 17.4. The first-order valence-corrected chi connectivity index (χ1v) is 9.29. The number of likely N-dealkylation sites (tertiary alicyclic amines) is 1. The molecule has 1 aromatic carbocycles. The second-order valence-corrected chi connectivity index (χ2v) is 6.61. The molecule has 154 valence electrons. The number of carbonyl (C=O) groups excluding carboxylic acids is 2. The summed E-state index contributed by atoms with van der Waals surface area (Å²) in [4.78, 5) is 26.1. The maximum atomic E-state index is 12.2. The smallest absolute Gasteiger partial charge is 0.238 e. The topological polar surface area (TPSA) is 87.5 Å². The van der Waals surface area contributed by atoms with Gasteiger partial charge in [0.05, 0.1) is 6.54 Å². The van der Waals surface area contributed by atoms with Gasteiger partial charge in [0.1, 0.15) is 0 Å². The Kier molecular flexibility index (Phi) is 14.0. The van der Waals surface area contributed by atoms with Gasteiger partial charge < -0.3 is 16.4 Å². The van der Waals surface area contributed by atoms with Gasteiger partial charge in [0.15, 0.2) is 0 Å². The van der Waals surface area contributed by atoms with E-state index in [9.17, 15) is 9.59 Å². The molecule has 1 fully saturated rings. The van der Waals surface area contributed by atoms with Crippen LogP contribution in [0, 0.1) is 0 Å². The first-order valence-electron chi connectivity index (χ1n) is 9.29. The van der Waals surface area contributed by atoms with Crippen LogP contribution in [-0.2, 0) is 9.59 Å². The van der Waals surface area contributed by atoms with Crippen LogP contribution in [0.4, 0.5) is 11.4 Å². The number of nitrogens with one attached hydrogen (secondary N) is 2. The number of nitrogens with two attached hydrogens (primary N) is 1. The minimum atomic E-state index is -0.0423. The van der Waals surface area contributed by atoms with E-state index in [4.69, 9.17) is 5.73 Å². The molecule has 4 N–H and O–H groups in total. The van der Waals surface area contributed by atoms with Gasteiger partial charge in [-0.25, -0.2) is 0 Å². The van der Waals surface area contributed by atoms with E-state index < -0.39 is 0 Å². The summed E-state index contributed by atoms with van der Waals surface area (Å²) in [6.07, 6.45) is 7.28. The van der Waals surface area contributed by atoms with Gasteiger partial charge in [-0.3, -0.25) is 14.5 Å². The summed E-state index contributed by atoms with van der Waals surface area (Å²) in [5.74, 6) is -0.0281. The van der Waals surface area contributed by atoms with E-state index in [1.165, 1.54) is 32.1 Å². The van der Waals surface area contributed by atoms with Gasteiger partial charge >= 0.3 is 0 Å². The standard InChI is InChI=1S/C19H30N4O2.2ClH/c20-12-6-7-18(24)21-16-8-10-17(11-9-16)22-19(25)15-23-13-4-2-1-3-5-14-23;;/h8-11H,1-7,12-15,20H2,(H,21,24)(H,22,25);2*1H. The van der Waals surface area contributed by atoms with Crippen molar-refractivity contribution in [1.29, 1.82) is 0 Å². The van der Waals surface area contributed by atoms with E-state index >= 15 is 0 Å². The molecule has 2 rings (SSSR count). The maximum absolute atomic E-state index is 12.2. The summed E-state index contributed by atoms with van der Waals surface area (Å²) in [7, 11) is 0. The van der Waals surface area contributed by atoms with Crippen molar-refractivity contribution < 1.29 is 9.59 Å². The van der Waals surface area contributed by atoms with Gasteiger partial charge in [-0.05, 0) is 63.2 Å². The number of rotatable bonds is 7. The molecule has 1 heterocycles. The molecule has 0 bridgehead atoms. The van der Waals surface area contributed by atoms with Gasteiger partial charge in [-0.15, -0.1) is 24.8 Å². The lowest BCUT2D eigenvalue weighted by Gasteiger charge is -2.23. The molecule has 1 aliphatic rings. The van der Waals surface area contributed by atoms with Crippen molar-refractivity contribution in [3.05, 3.63) is 24.3 Å². The Balaban J connectivity index is 0.00000338. The molecule has 1 aromatic rings. The molecule has 0 spiro atoms. The zero-order valence-electron chi connectivity index (χ0n) is 15.7. The Labute approximate surface area is 174 Å². The third kappa shape index (κ3) is 10.5. The number of hydrogen-bond acceptors (Lipinski definition) is 4. The Morgan fingerprint density at radius 3 is 1.85 bits per heavy atom. The molecule has 1 aliphatic heterocycles. The largest absolute Gasteiger partial charge is 0.330 e. The van der Waals surface area contributed by atoms with Gasteiger partial charge in [0.25, 0.3) is 0 Å². The average molecular weight is 419 g/mol. The van der Waals surface area contributed by atoms with Gasteiger partial charge in [-0.1, -0.05) is 19.3 Å². The van der Waals surface area contributed by atoms with Crippen LogP contribution in [0.2, 0.25) is 0 Å². The number of hydrogen-bond donors (Lipinski definition) is 3. The number of carbonyl (C=O) groups is 2.